The summed E-state index contributed by atoms with van der Waals surface area (Å²) in [6.45, 7) is 9.00. The quantitative estimate of drug-likeness (QED) is 0.456. The molecule has 22 heavy (non-hydrogen) atoms. The summed E-state index contributed by atoms with van der Waals surface area (Å²) in [6.07, 6.45) is 1.36. The highest BCUT2D eigenvalue weighted by Gasteiger charge is 2.22. The van der Waals surface area contributed by atoms with Gasteiger partial charge in [-0.3, -0.25) is 0 Å². The monoisotopic (exact) mass is 315 g/mol. The average molecular weight is 315 g/mol. The van der Waals surface area contributed by atoms with Crippen LogP contribution in [0.5, 0.6) is 0 Å². The van der Waals surface area contributed by atoms with Crippen molar-refractivity contribution in [1.82, 2.24) is 5.32 Å². The van der Waals surface area contributed by atoms with E-state index in [0.717, 1.165) is 12.2 Å². The van der Waals surface area contributed by atoms with Gasteiger partial charge >= 0.3 is 18.0 Å². The Morgan fingerprint density at radius 3 is 2.09 bits per heavy atom. The van der Waals surface area contributed by atoms with Gasteiger partial charge in [0.25, 0.3) is 0 Å². The molecule has 0 aliphatic carbocycles. The van der Waals surface area contributed by atoms with Gasteiger partial charge < -0.3 is 19.5 Å². The maximum Gasteiger partial charge on any atom is 0.407 e. The van der Waals surface area contributed by atoms with Crippen LogP contribution in [0.2, 0.25) is 0 Å². The minimum Gasteiger partial charge on any atom is -0.466 e. The first-order valence-corrected chi connectivity index (χ1v) is 6.97. The first kappa shape index (κ1) is 19.9. The van der Waals surface area contributed by atoms with Gasteiger partial charge in [0.05, 0.1) is 13.2 Å². The van der Waals surface area contributed by atoms with E-state index in [1.165, 1.54) is 7.11 Å². The van der Waals surface area contributed by atoms with Crippen LogP contribution in [0.1, 0.15) is 34.6 Å². The molecule has 1 atom stereocenters. The Labute approximate surface area is 131 Å². The van der Waals surface area contributed by atoms with E-state index in [9.17, 15) is 14.4 Å². The summed E-state index contributed by atoms with van der Waals surface area (Å²) in [5.74, 6) is -1.31. The molecule has 1 N–H and O–H groups in total. The van der Waals surface area contributed by atoms with Crippen LogP contribution in [0.25, 0.3) is 0 Å². The van der Waals surface area contributed by atoms with Crippen LogP contribution in [0.15, 0.2) is 12.2 Å². The second-order valence-corrected chi connectivity index (χ2v) is 5.98. The third kappa shape index (κ3) is 9.79. The lowest BCUT2D eigenvalue weighted by molar-refractivity contribution is -0.140. The third-order valence-electron chi connectivity index (χ3n) is 2.47. The van der Waals surface area contributed by atoms with Crippen LogP contribution < -0.4 is 5.32 Å². The molecule has 0 aromatic heterocycles. The Balaban J connectivity index is 4.42. The van der Waals surface area contributed by atoms with Gasteiger partial charge in [-0.25, -0.2) is 14.4 Å². The van der Waals surface area contributed by atoms with Gasteiger partial charge in [0.15, 0.2) is 0 Å². The topological polar surface area (TPSA) is 90.9 Å². The van der Waals surface area contributed by atoms with Gasteiger partial charge in [-0.05, 0) is 26.7 Å². The molecule has 0 rings (SSSR count). The summed E-state index contributed by atoms with van der Waals surface area (Å²) >= 11 is 0. The van der Waals surface area contributed by atoms with Gasteiger partial charge in [-0.1, -0.05) is 13.8 Å². The fourth-order valence-corrected chi connectivity index (χ4v) is 1.28. The summed E-state index contributed by atoms with van der Waals surface area (Å²) in [7, 11) is 1.21. The molecule has 0 fully saturated rings. The van der Waals surface area contributed by atoms with E-state index >= 15 is 0 Å². The predicted octanol–water partition coefficient (Wildman–Crippen LogP) is 1.81. The number of rotatable bonds is 6. The fourth-order valence-electron chi connectivity index (χ4n) is 1.28. The SMILES string of the molecule is COC(=O)/C=C/C(=O)OC[C@H](NC(=O)OC(C)(C)C)C(C)C. The number of ether oxygens (including phenoxy) is 3. The predicted molar refractivity (Wildman–Crippen MR) is 80.1 cm³/mol. The van der Waals surface area contributed by atoms with Crippen molar-refractivity contribution in [1.29, 1.82) is 0 Å². The molecular weight excluding hydrogens is 290 g/mol. The van der Waals surface area contributed by atoms with Crippen LogP contribution in [0.3, 0.4) is 0 Å². The molecule has 0 bridgehead atoms. The maximum atomic E-state index is 11.7. The lowest BCUT2D eigenvalue weighted by atomic mass is 10.1. The molecular formula is C15H25NO6. The molecule has 7 nitrogen and oxygen atoms in total. The van der Waals surface area contributed by atoms with Gasteiger partial charge in [-0.2, -0.15) is 0 Å². The summed E-state index contributed by atoms with van der Waals surface area (Å²) in [5.41, 5.74) is -0.606. The molecule has 1 amide bonds. The number of hydrogen-bond acceptors (Lipinski definition) is 6. The molecule has 7 heteroatoms. The van der Waals surface area contributed by atoms with Crippen LogP contribution in [-0.4, -0.2) is 43.4 Å². The largest absolute Gasteiger partial charge is 0.466 e. The van der Waals surface area contributed by atoms with Gasteiger partial charge in [-0.15, -0.1) is 0 Å². The van der Waals surface area contributed by atoms with Crippen molar-refractivity contribution in [3.05, 3.63) is 12.2 Å². The number of nitrogens with one attached hydrogen (secondary N) is 1. The van der Waals surface area contributed by atoms with E-state index < -0.39 is 29.7 Å². The third-order valence-corrected chi connectivity index (χ3v) is 2.47. The molecule has 0 aromatic rings. The van der Waals surface area contributed by atoms with E-state index in [0.29, 0.717) is 0 Å². The number of esters is 2. The molecule has 126 valence electrons. The first-order valence-electron chi connectivity index (χ1n) is 6.97. The number of carbonyl (C=O) groups excluding carboxylic acids is 3. The van der Waals surface area contributed by atoms with Crippen molar-refractivity contribution >= 4 is 18.0 Å². The lowest BCUT2D eigenvalue weighted by Gasteiger charge is -2.25. The standard InChI is InChI=1S/C15H25NO6/c1-10(2)11(16-14(19)22-15(3,4)5)9-21-13(18)8-7-12(17)20-6/h7-8,10-11H,9H2,1-6H3,(H,16,19)/b8-7+/t11-/m0/s1. The van der Waals surface area contributed by atoms with Crippen LogP contribution in [0.4, 0.5) is 4.79 Å². The zero-order valence-corrected chi connectivity index (χ0v) is 14.0. The van der Waals surface area contributed by atoms with E-state index in [-0.39, 0.29) is 12.5 Å². The number of alkyl carbamates (subject to hydrolysis) is 1. The number of carbonyl (C=O) groups is 3. The van der Waals surface area contributed by atoms with Gasteiger partial charge in [0, 0.05) is 12.2 Å². The molecule has 0 radical (unpaired) electrons. The Morgan fingerprint density at radius 2 is 1.64 bits per heavy atom. The summed E-state index contributed by atoms with van der Waals surface area (Å²) in [4.78, 5) is 34.0. The van der Waals surface area contributed by atoms with E-state index in [2.05, 4.69) is 10.1 Å². The lowest BCUT2D eigenvalue weighted by Crippen LogP contribution is -2.44. The smallest absolute Gasteiger partial charge is 0.407 e. The van der Waals surface area contributed by atoms with E-state index in [1.54, 1.807) is 20.8 Å². The first-order chi connectivity index (χ1) is 10.0. The fraction of sp³-hybridized carbons (Fsp3) is 0.667. The number of hydrogen-bond donors (Lipinski definition) is 1. The molecule has 0 aliphatic heterocycles. The molecule has 0 saturated heterocycles. The van der Waals surface area contributed by atoms with Crippen molar-refractivity contribution in [2.24, 2.45) is 5.92 Å². The number of methoxy groups -OCH3 is 1. The zero-order valence-electron chi connectivity index (χ0n) is 14.0. The number of amides is 1. The molecule has 0 spiro atoms. The van der Waals surface area contributed by atoms with Crippen LogP contribution >= 0.6 is 0 Å². The normalized spacial score (nSPS) is 12.9. The maximum absolute atomic E-state index is 11.7. The van der Waals surface area contributed by atoms with E-state index in [1.807, 2.05) is 13.8 Å². The second kappa shape index (κ2) is 9.07. The highest BCUT2D eigenvalue weighted by Crippen LogP contribution is 2.09. The summed E-state index contributed by atoms with van der Waals surface area (Å²) < 4.78 is 14.5. The molecule has 0 aromatic carbocycles. The highest BCUT2D eigenvalue weighted by atomic mass is 16.6. The van der Waals surface area contributed by atoms with Gasteiger partial charge in [0.2, 0.25) is 0 Å². The Morgan fingerprint density at radius 1 is 1.09 bits per heavy atom. The van der Waals surface area contributed by atoms with Crippen molar-refractivity contribution < 1.29 is 28.6 Å². The van der Waals surface area contributed by atoms with Gasteiger partial charge in [0.1, 0.15) is 12.2 Å². The minimum absolute atomic E-state index is 0.0265. The molecule has 0 unspecified atom stereocenters. The average Bonchev–Trinajstić information content (AvgIpc) is 2.38. The van der Waals surface area contributed by atoms with Crippen molar-refractivity contribution in [2.45, 2.75) is 46.3 Å². The van der Waals surface area contributed by atoms with Crippen molar-refractivity contribution in [2.75, 3.05) is 13.7 Å². The molecule has 0 heterocycles. The Bertz CT molecular complexity index is 422. The van der Waals surface area contributed by atoms with Crippen molar-refractivity contribution in [3.8, 4) is 0 Å². The Hall–Kier alpha value is -2.05. The van der Waals surface area contributed by atoms with E-state index in [4.69, 9.17) is 9.47 Å². The highest BCUT2D eigenvalue weighted by molar-refractivity contribution is 5.91. The zero-order chi connectivity index (χ0) is 17.3. The van der Waals surface area contributed by atoms with Crippen molar-refractivity contribution in [3.63, 3.8) is 0 Å². The second-order valence-electron chi connectivity index (χ2n) is 5.98. The Kier molecular flexibility index (Phi) is 8.22. The summed E-state index contributed by atoms with van der Waals surface area (Å²) in [5, 5.41) is 2.65. The summed E-state index contributed by atoms with van der Waals surface area (Å²) in [6, 6.07) is -0.398. The molecule has 0 aliphatic rings. The minimum atomic E-state index is -0.693. The van der Waals surface area contributed by atoms with Crippen LogP contribution in [0, 0.1) is 5.92 Å². The van der Waals surface area contributed by atoms with Crippen LogP contribution in [-0.2, 0) is 23.8 Å². The molecule has 0 saturated carbocycles.